The van der Waals surface area contributed by atoms with Crippen molar-refractivity contribution in [1.82, 2.24) is 0 Å². The number of alkyl halides is 1. The minimum atomic E-state index is 0.449. The van der Waals surface area contributed by atoms with Gasteiger partial charge in [-0.2, -0.15) is 0 Å². The van der Waals surface area contributed by atoms with E-state index >= 15 is 0 Å². The molecule has 0 heterocycles. The predicted molar refractivity (Wildman–Crippen MR) is 73.7 cm³/mol. The van der Waals surface area contributed by atoms with E-state index in [0.29, 0.717) is 17.8 Å². The van der Waals surface area contributed by atoms with Crippen LogP contribution in [0.1, 0.15) is 26.3 Å². The van der Waals surface area contributed by atoms with Gasteiger partial charge < -0.3 is 4.90 Å². The van der Waals surface area contributed by atoms with Crippen LogP contribution in [0.2, 0.25) is 5.02 Å². The lowest BCUT2D eigenvalue weighted by Crippen LogP contribution is -2.33. The SMILES string of the molecule is CC(C)C(C)N(C)c1cccc(Cl)c1CCl. The van der Waals surface area contributed by atoms with Crippen LogP contribution in [0, 0.1) is 5.92 Å². The first-order chi connectivity index (χ1) is 7.49. The molecule has 0 N–H and O–H groups in total. The highest BCUT2D eigenvalue weighted by atomic mass is 35.5. The summed E-state index contributed by atoms with van der Waals surface area (Å²) in [5.74, 6) is 1.04. The Labute approximate surface area is 108 Å². The van der Waals surface area contributed by atoms with Crippen molar-refractivity contribution in [1.29, 1.82) is 0 Å². The lowest BCUT2D eigenvalue weighted by atomic mass is 10.0. The summed E-state index contributed by atoms with van der Waals surface area (Å²) in [5.41, 5.74) is 2.14. The number of halogens is 2. The van der Waals surface area contributed by atoms with E-state index in [1.165, 1.54) is 0 Å². The molecule has 0 spiro atoms. The van der Waals surface area contributed by atoms with Gasteiger partial charge >= 0.3 is 0 Å². The highest BCUT2D eigenvalue weighted by Crippen LogP contribution is 2.30. The molecule has 1 unspecified atom stereocenters. The number of rotatable bonds is 4. The zero-order valence-corrected chi connectivity index (χ0v) is 11.8. The van der Waals surface area contributed by atoms with Crippen LogP contribution in [0.15, 0.2) is 18.2 Å². The smallest absolute Gasteiger partial charge is 0.0509 e. The van der Waals surface area contributed by atoms with Crippen LogP contribution >= 0.6 is 23.2 Å². The molecule has 16 heavy (non-hydrogen) atoms. The normalized spacial score (nSPS) is 12.9. The number of anilines is 1. The van der Waals surface area contributed by atoms with Gasteiger partial charge in [-0.15, -0.1) is 11.6 Å². The van der Waals surface area contributed by atoms with Gasteiger partial charge in [-0.05, 0) is 25.0 Å². The summed E-state index contributed by atoms with van der Waals surface area (Å²) in [6.45, 7) is 6.64. The minimum Gasteiger partial charge on any atom is -0.371 e. The van der Waals surface area contributed by atoms with Crippen LogP contribution in [0.25, 0.3) is 0 Å². The lowest BCUT2D eigenvalue weighted by molar-refractivity contribution is 0.505. The van der Waals surface area contributed by atoms with Gasteiger partial charge in [0.15, 0.2) is 0 Å². The van der Waals surface area contributed by atoms with Crippen molar-refractivity contribution in [2.24, 2.45) is 5.92 Å². The molecule has 0 aliphatic carbocycles. The minimum absolute atomic E-state index is 0.449. The summed E-state index contributed by atoms with van der Waals surface area (Å²) in [7, 11) is 2.09. The van der Waals surface area contributed by atoms with Crippen molar-refractivity contribution in [2.45, 2.75) is 32.7 Å². The van der Waals surface area contributed by atoms with Crippen LogP contribution in [-0.2, 0) is 5.88 Å². The number of hydrogen-bond donors (Lipinski definition) is 0. The van der Waals surface area contributed by atoms with E-state index in [9.17, 15) is 0 Å². The maximum Gasteiger partial charge on any atom is 0.0509 e. The largest absolute Gasteiger partial charge is 0.371 e. The molecule has 0 aliphatic heterocycles. The van der Waals surface area contributed by atoms with E-state index in [1.54, 1.807) is 0 Å². The Hall–Kier alpha value is -0.400. The highest BCUT2D eigenvalue weighted by Gasteiger charge is 2.17. The number of hydrogen-bond acceptors (Lipinski definition) is 1. The van der Waals surface area contributed by atoms with Crippen molar-refractivity contribution in [2.75, 3.05) is 11.9 Å². The second kappa shape index (κ2) is 5.79. The first-order valence-electron chi connectivity index (χ1n) is 5.55. The summed E-state index contributed by atoms with van der Waals surface area (Å²) in [6.07, 6.45) is 0. The van der Waals surface area contributed by atoms with Crippen molar-refractivity contribution in [3.63, 3.8) is 0 Å². The molecule has 0 bridgehead atoms. The quantitative estimate of drug-likeness (QED) is 0.717. The van der Waals surface area contributed by atoms with E-state index in [-0.39, 0.29) is 0 Å². The van der Waals surface area contributed by atoms with Crippen molar-refractivity contribution in [3.8, 4) is 0 Å². The summed E-state index contributed by atoms with van der Waals surface area (Å²) in [4.78, 5) is 2.24. The zero-order chi connectivity index (χ0) is 12.3. The third-order valence-corrected chi connectivity index (χ3v) is 3.80. The van der Waals surface area contributed by atoms with E-state index in [1.807, 2.05) is 12.1 Å². The Morgan fingerprint density at radius 3 is 2.38 bits per heavy atom. The lowest BCUT2D eigenvalue weighted by Gasteiger charge is -2.31. The fraction of sp³-hybridized carbons (Fsp3) is 0.538. The zero-order valence-electron chi connectivity index (χ0n) is 10.3. The number of nitrogens with zero attached hydrogens (tertiary/aromatic N) is 1. The molecule has 0 fully saturated rings. The summed E-state index contributed by atoms with van der Waals surface area (Å²) >= 11 is 12.1. The van der Waals surface area contributed by atoms with E-state index < -0.39 is 0 Å². The average Bonchev–Trinajstić information content (AvgIpc) is 2.26. The van der Waals surface area contributed by atoms with E-state index in [2.05, 4.69) is 38.8 Å². The molecule has 0 amide bonds. The third kappa shape index (κ3) is 2.83. The maximum absolute atomic E-state index is 6.15. The summed E-state index contributed by atoms with van der Waals surface area (Å²) in [5, 5.41) is 0.746. The van der Waals surface area contributed by atoms with Crippen LogP contribution in [-0.4, -0.2) is 13.1 Å². The molecule has 90 valence electrons. The molecule has 1 aromatic rings. The monoisotopic (exact) mass is 259 g/mol. The highest BCUT2D eigenvalue weighted by molar-refractivity contribution is 6.32. The van der Waals surface area contributed by atoms with E-state index in [4.69, 9.17) is 23.2 Å². The van der Waals surface area contributed by atoms with Crippen molar-refractivity contribution in [3.05, 3.63) is 28.8 Å². The fourth-order valence-corrected chi connectivity index (χ4v) is 2.26. The van der Waals surface area contributed by atoms with Gasteiger partial charge in [0.1, 0.15) is 0 Å². The summed E-state index contributed by atoms with van der Waals surface area (Å²) < 4.78 is 0. The van der Waals surface area contributed by atoms with Gasteiger partial charge in [0.2, 0.25) is 0 Å². The van der Waals surface area contributed by atoms with Crippen molar-refractivity contribution < 1.29 is 0 Å². The Balaban J connectivity index is 3.08. The molecular weight excluding hydrogens is 241 g/mol. The Morgan fingerprint density at radius 1 is 1.25 bits per heavy atom. The molecule has 0 aromatic heterocycles. The topological polar surface area (TPSA) is 3.24 Å². The Bertz CT molecular complexity index is 350. The van der Waals surface area contributed by atoms with Crippen LogP contribution in [0.5, 0.6) is 0 Å². The fourth-order valence-electron chi connectivity index (χ4n) is 1.68. The molecule has 1 aromatic carbocycles. The molecule has 3 heteroatoms. The molecule has 1 nitrogen and oxygen atoms in total. The maximum atomic E-state index is 6.15. The van der Waals surface area contributed by atoms with Crippen LogP contribution in [0.3, 0.4) is 0 Å². The third-order valence-electron chi connectivity index (χ3n) is 3.18. The van der Waals surface area contributed by atoms with Crippen LogP contribution < -0.4 is 4.90 Å². The molecule has 1 atom stereocenters. The Morgan fingerprint density at radius 2 is 1.88 bits per heavy atom. The first kappa shape index (κ1) is 13.7. The molecule has 0 radical (unpaired) electrons. The van der Waals surface area contributed by atoms with Crippen LogP contribution in [0.4, 0.5) is 5.69 Å². The first-order valence-corrected chi connectivity index (χ1v) is 6.46. The Kier molecular flexibility index (Phi) is 4.94. The summed E-state index contributed by atoms with van der Waals surface area (Å²) in [6, 6.07) is 6.39. The van der Waals surface area contributed by atoms with Crippen molar-refractivity contribution >= 4 is 28.9 Å². The molecule has 0 aliphatic rings. The van der Waals surface area contributed by atoms with Gasteiger partial charge in [-0.1, -0.05) is 31.5 Å². The standard InChI is InChI=1S/C13H19Cl2N/c1-9(2)10(3)16(4)13-7-5-6-12(15)11(13)8-14/h5-7,9-10H,8H2,1-4H3. The second-order valence-corrected chi connectivity index (χ2v) is 5.14. The van der Waals surface area contributed by atoms with E-state index in [0.717, 1.165) is 16.3 Å². The van der Waals surface area contributed by atoms with Gasteiger partial charge in [0, 0.05) is 29.4 Å². The molecule has 0 saturated heterocycles. The molecule has 0 saturated carbocycles. The van der Waals surface area contributed by atoms with Gasteiger partial charge in [-0.3, -0.25) is 0 Å². The van der Waals surface area contributed by atoms with Gasteiger partial charge in [0.05, 0.1) is 5.88 Å². The molecule has 1 rings (SSSR count). The molecular formula is C13H19Cl2N. The average molecular weight is 260 g/mol. The number of benzene rings is 1. The predicted octanol–water partition coefficient (Wildman–Crippen LogP) is 4.56. The second-order valence-electron chi connectivity index (χ2n) is 4.47. The van der Waals surface area contributed by atoms with Gasteiger partial charge in [0.25, 0.3) is 0 Å². The van der Waals surface area contributed by atoms with Gasteiger partial charge in [-0.25, -0.2) is 0 Å².